The van der Waals surface area contributed by atoms with Crippen molar-refractivity contribution < 1.29 is 9.90 Å². The van der Waals surface area contributed by atoms with Crippen LogP contribution in [0.2, 0.25) is 0 Å². The monoisotopic (exact) mass is 238 g/mol. The zero-order valence-electron chi connectivity index (χ0n) is 10.3. The van der Waals surface area contributed by atoms with Gasteiger partial charge in [-0.15, -0.1) is 0 Å². The molecule has 3 aliphatic rings. The Morgan fingerprint density at radius 2 is 2.24 bits per heavy atom. The van der Waals surface area contributed by atoms with Crippen molar-refractivity contribution in [2.24, 2.45) is 11.8 Å². The fourth-order valence-corrected chi connectivity index (χ4v) is 3.78. The molecule has 3 aliphatic heterocycles. The van der Waals surface area contributed by atoms with Gasteiger partial charge in [0.1, 0.15) is 0 Å². The van der Waals surface area contributed by atoms with E-state index in [-0.39, 0.29) is 12.5 Å². The van der Waals surface area contributed by atoms with Gasteiger partial charge < -0.3 is 15.3 Å². The van der Waals surface area contributed by atoms with Gasteiger partial charge >= 0.3 is 0 Å². The summed E-state index contributed by atoms with van der Waals surface area (Å²) in [6.07, 6.45) is 5.39. The van der Waals surface area contributed by atoms with Crippen molar-refractivity contribution in [3.8, 4) is 0 Å². The molecule has 0 radical (unpaired) electrons. The van der Waals surface area contributed by atoms with Gasteiger partial charge in [-0.3, -0.25) is 4.79 Å². The molecule has 96 valence electrons. The highest BCUT2D eigenvalue weighted by Gasteiger charge is 2.44. The molecule has 0 spiro atoms. The van der Waals surface area contributed by atoms with Gasteiger partial charge in [0.2, 0.25) is 5.91 Å². The summed E-state index contributed by atoms with van der Waals surface area (Å²) in [5, 5.41) is 12.5. The molecule has 0 aromatic rings. The Bertz CT molecular complexity index is 308. The van der Waals surface area contributed by atoms with Gasteiger partial charge in [0.05, 0.1) is 5.92 Å². The molecular weight excluding hydrogens is 216 g/mol. The van der Waals surface area contributed by atoms with Gasteiger partial charge in [-0.25, -0.2) is 0 Å². The van der Waals surface area contributed by atoms with Crippen molar-refractivity contribution in [1.29, 1.82) is 0 Å². The Labute approximate surface area is 102 Å². The zero-order valence-corrected chi connectivity index (χ0v) is 10.3. The second kappa shape index (κ2) is 4.58. The van der Waals surface area contributed by atoms with E-state index in [0.717, 1.165) is 32.4 Å². The average Bonchev–Trinajstić information content (AvgIpc) is 3.03. The van der Waals surface area contributed by atoms with Crippen LogP contribution in [0.15, 0.2) is 0 Å². The minimum absolute atomic E-state index is 0.238. The lowest BCUT2D eigenvalue weighted by atomic mass is 9.88. The number of amides is 1. The first-order chi connectivity index (χ1) is 8.28. The van der Waals surface area contributed by atoms with E-state index < -0.39 is 0 Å². The Morgan fingerprint density at radius 3 is 2.88 bits per heavy atom. The van der Waals surface area contributed by atoms with Crippen LogP contribution in [-0.4, -0.2) is 47.7 Å². The number of hydrogen-bond donors (Lipinski definition) is 2. The van der Waals surface area contributed by atoms with Crippen LogP contribution in [-0.2, 0) is 4.79 Å². The van der Waals surface area contributed by atoms with Crippen LogP contribution in [0, 0.1) is 11.8 Å². The van der Waals surface area contributed by atoms with Gasteiger partial charge in [0, 0.05) is 31.8 Å². The summed E-state index contributed by atoms with van der Waals surface area (Å²) in [4.78, 5) is 14.4. The summed E-state index contributed by atoms with van der Waals surface area (Å²) in [6.45, 7) is 2.02. The van der Waals surface area contributed by atoms with Gasteiger partial charge in [-0.2, -0.15) is 0 Å². The maximum atomic E-state index is 12.4. The van der Waals surface area contributed by atoms with Gasteiger partial charge in [-0.1, -0.05) is 0 Å². The quantitative estimate of drug-likeness (QED) is 0.746. The number of rotatable bonds is 3. The summed E-state index contributed by atoms with van der Waals surface area (Å²) in [5.41, 5.74) is 0. The first-order valence-corrected chi connectivity index (χ1v) is 6.93. The maximum absolute atomic E-state index is 12.4. The molecule has 0 aromatic heterocycles. The molecule has 3 heterocycles. The van der Waals surface area contributed by atoms with Crippen molar-refractivity contribution in [1.82, 2.24) is 10.2 Å². The number of carbonyl (C=O) groups excluding carboxylic acids is 1. The lowest BCUT2D eigenvalue weighted by Gasteiger charge is -2.25. The summed E-state index contributed by atoms with van der Waals surface area (Å²) in [6, 6.07) is 1.05. The van der Waals surface area contributed by atoms with Crippen molar-refractivity contribution in [3.63, 3.8) is 0 Å². The molecule has 3 saturated heterocycles. The number of nitrogens with zero attached hydrogens (tertiary/aromatic N) is 1. The van der Waals surface area contributed by atoms with E-state index in [1.54, 1.807) is 0 Å². The van der Waals surface area contributed by atoms with Gasteiger partial charge in [0.15, 0.2) is 0 Å². The number of fused-ring (bicyclic) bond motifs is 2. The molecule has 4 heteroatoms. The van der Waals surface area contributed by atoms with Crippen LogP contribution in [0.4, 0.5) is 0 Å². The summed E-state index contributed by atoms with van der Waals surface area (Å²) < 4.78 is 0. The zero-order chi connectivity index (χ0) is 11.8. The molecule has 3 rings (SSSR count). The number of hydrogen-bond acceptors (Lipinski definition) is 3. The molecule has 0 aromatic carbocycles. The van der Waals surface area contributed by atoms with Crippen molar-refractivity contribution in [2.45, 2.75) is 44.2 Å². The number of likely N-dealkylation sites (tertiary alicyclic amines) is 1. The summed E-state index contributed by atoms with van der Waals surface area (Å²) >= 11 is 0. The fourth-order valence-electron chi connectivity index (χ4n) is 3.78. The number of carbonyl (C=O) groups is 1. The number of aliphatic hydroxyl groups excluding tert-OH is 1. The van der Waals surface area contributed by atoms with E-state index in [4.69, 9.17) is 5.11 Å². The van der Waals surface area contributed by atoms with Crippen molar-refractivity contribution >= 4 is 5.91 Å². The molecule has 2 bridgehead atoms. The van der Waals surface area contributed by atoms with E-state index in [2.05, 4.69) is 5.32 Å². The van der Waals surface area contributed by atoms with E-state index in [1.807, 2.05) is 4.90 Å². The van der Waals surface area contributed by atoms with E-state index in [9.17, 15) is 4.79 Å². The lowest BCUT2D eigenvalue weighted by molar-refractivity contribution is -0.135. The Hall–Kier alpha value is -0.610. The fraction of sp³-hybridized carbons (Fsp3) is 0.923. The van der Waals surface area contributed by atoms with Crippen LogP contribution in [0.5, 0.6) is 0 Å². The third-order valence-electron chi connectivity index (χ3n) is 4.75. The molecule has 0 saturated carbocycles. The third kappa shape index (κ3) is 2.08. The molecule has 3 fully saturated rings. The molecule has 2 N–H and O–H groups in total. The second-order valence-electron chi connectivity index (χ2n) is 5.84. The minimum Gasteiger partial charge on any atom is -0.396 e. The molecule has 4 nitrogen and oxygen atoms in total. The lowest BCUT2D eigenvalue weighted by Crippen LogP contribution is -2.39. The van der Waals surface area contributed by atoms with E-state index >= 15 is 0 Å². The van der Waals surface area contributed by atoms with Crippen LogP contribution < -0.4 is 5.32 Å². The van der Waals surface area contributed by atoms with Gasteiger partial charge in [-0.05, 0) is 38.0 Å². The first-order valence-electron chi connectivity index (χ1n) is 6.93. The highest BCUT2D eigenvalue weighted by atomic mass is 16.3. The largest absolute Gasteiger partial charge is 0.396 e. The van der Waals surface area contributed by atoms with Crippen LogP contribution in [0.25, 0.3) is 0 Å². The standard InChI is InChI=1S/C13H22N2O2/c16-6-4-9-3-5-15(8-9)13(17)11-7-10-1-2-12(11)14-10/h9-12,14,16H,1-8H2. The number of nitrogens with one attached hydrogen (secondary N) is 1. The van der Waals surface area contributed by atoms with Crippen LogP contribution in [0.3, 0.4) is 0 Å². The van der Waals surface area contributed by atoms with Crippen molar-refractivity contribution in [2.75, 3.05) is 19.7 Å². The summed E-state index contributed by atoms with van der Waals surface area (Å²) in [7, 11) is 0. The Balaban J connectivity index is 1.57. The molecule has 0 aliphatic carbocycles. The smallest absolute Gasteiger partial charge is 0.227 e. The molecular formula is C13H22N2O2. The van der Waals surface area contributed by atoms with E-state index in [1.165, 1.54) is 12.8 Å². The maximum Gasteiger partial charge on any atom is 0.227 e. The van der Waals surface area contributed by atoms with Crippen molar-refractivity contribution in [3.05, 3.63) is 0 Å². The van der Waals surface area contributed by atoms with Crippen LogP contribution >= 0.6 is 0 Å². The SMILES string of the molecule is O=C(C1CC2CCC1N2)N1CCC(CCO)C1. The average molecular weight is 238 g/mol. The highest BCUT2D eigenvalue weighted by Crippen LogP contribution is 2.35. The second-order valence-corrected chi connectivity index (χ2v) is 5.84. The summed E-state index contributed by atoms with van der Waals surface area (Å²) in [5.74, 6) is 1.13. The third-order valence-corrected chi connectivity index (χ3v) is 4.75. The minimum atomic E-state index is 0.238. The Morgan fingerprint density at radius 1 is 1.35 bits per heavy atom. The van der Waals surface area contributed by atoms with E-state index in [0.29, 0.717) is 23.9 Å². The predicted octanol–water partition coefficient (Wildman–Crippen LogP) is 0.358. The molecule has 1 amide bonds. The van der Waals surface area contributed by atoms with Gasteiger partial charge in [0.25, 0.3) is 0 Å². The highest BCUT2D eigenvalue weighted by molar-refractivity contribution is 5.80. The Kier molecular flexibility index (Phi) is 3.09. The van der Waals surface area contributed by atoms with Crippen LogP contribution in [0.1, 0.15) is 32.1 Å². The topological polar surface area (TPSA) is 52.6 Å². The predicted molar refractivity (Wildman–Crippen MR) is 64.4 cm³/mol. The first kappa shape index (κ1) is 11.5. The number of aliphatic hydroxyl groups is 1. The molecule has 4 unspecified atom stereocenters. The molecule has 4 atom stereocenters. The normalized spacial score (nSPS) is 40.2. The molecule has 17 heavy (non-hydrogen) atoms.